The first-order valence-corrected chi connectivity index (χ1v) is 8.15. The smallest absolute Gasteiger partial charge is 0.242 e. The first kappa shape index (κ1) is 13.4. The minimum absolute atomic E-state index is 0.244. The molecule has 3 aliphatic rings. The third-order valence-electron chi connectivity index (χ3n) is 6.00. The Morgan fingerprint density at radius 2 is 2.21 bits per heavy atom. The summed E-state index contributed by atoms with van der Waals surface area (Å²) in [6.45, 7) is 4.13. The van der Waals surface area contributed by atoms with Gasteiger partial charge in [0.15, 0.2) is 0 Å². The van der Waals surface area contributed by atoms with Crippen molar-refractivity contribution in [3.05, 3.63) is 0 Å². The average molecular weight is 264 g/mol. The zero-order valence-corrected chi connectivity index (χ0v) is 12.5. The summed E-state index contributed by atoms with van der Waals surface area (Å²) in [5.74, 6) is 3.01. The van der Waals surface area contributed by atoms with E-state index in [-0.39, 0.29) is 5.54 Å². The molecule has 0 aromatic heterocycles. The SMILES string of the molecule is CCC1(C(=O)N(C)CC2CC3CCC2C3)CCCN1. The van der Waals surface area contributed by atoms with Crippen molar-refractivity contribution in [1.29, 1.82) is 0 Å². The summed E-state index contributed by atoms with van der Waals surface area (Å²) < 4.78 is 0. The largest absolute Gasteiger partial charge is 0.344 e. The van der Waals surface area contributed by atoms with Crippen molar-refractivity contribution in [2.45, 2.75) is 57.4 Å². The number of likely N-dealkylation sites (N-methyl/N-ethyl adjacent to an activating group) is 1. The molecule has 1 heterocycles. The van der Waals surface area contributed by atoms with Gasteiger partial charge < -0.3 is 10.2 Å². The van der Waals surface area contributed by atoms with Crippen LogP contribution in [0.15, 0.2) is 0 Å². The molecule has 1 amide bonds. The van der Waals surface area contributed by atoms with Crippen LogP contribution in [0.1, 0.15) is 51.9 Å². The summed E-state index contributed by atoms with van der Waals surface area (Å²) in [6, 6.07) is 0. The van der Waals surface area contributed by atoms with Gasteiger partial charge >= 0.3 is 0 Å². The van der Waals surface area contributed by atoms with E-state index in [1.807, 2.05) is 11.9 Å². The van der Waals surface area contributed by atoms with Gasteiger partial charge in [0.25, 0.3) is 0 Å². The molecule has 108 valence electrons. The number of nitrogens with zero attached hydrogens (tertiary/aromatic N) is 1. The highest BCUT2D eigenvalue weighted by molar-refractivity contribution is 5.86. The van der Waals surface area contributed by atoms with E-state index in [1.54, 1.807) is 0 Å². The number of carbonyl (C=O) groups excluding carboxylic acids is 1. The zero-order chi connectivity index (χ0) is 13.5. The lowest BCUT2D eigenvalue weighted by Gasteiger charge is -2.34. The van der Waals surface area contributed by atoms with Crippen molar-refractivity contribution in [3.63, 3.8) is 0 Å². The minimum atomic E-state index is -0.244. The third kappa shape index (κ3) is 2.31. The van der Waals surface area contributed by atoms with Crippen LogP contribution in [0.4, 0.5) is 0 Å². The van der Waals surface area contributed by atoms with Crippen molar-refractivity contribution in [3.8, 4) is 0 Å². The van der Waals surface area contributed by atoms with Gasteiger partial charge in [-0.2, -0.15) is 0 Å². The molecule has 19 heavy (non-hydrogen) atoms. The van der Waals surface area contributed by atoms with Crippen LogP contribution in [0.2, 0.25) is 0 Å². The van der Waals surface area contributed by atoms with Crippen LogP contribution in [0, 0.1) is 17.8 Å². The molecule has 0 spiro atoms. The Bertz CT molecular complexity index is 349. The van der Waals surface area contributed by atoms with Crippen molar-refractivity contribution >= 4 is 5.91 Å². The fraction of sp³-hybridized carbons (Fsp3) is 0.938. The lowest BCUT2D eigenvalue weighted by molar-refractivity contribution is -0.137. The minimum Gasteiger partial charge on any atom is -0.344 e. The Labute approximate surface area is 117 Å². The molecular formula is C16H28N2O. The fourth-order valence-electron chi connectivity index (χ4n) is 4.84. The highest BCUT2D eigenvalue weighted by atomic mass is 16.2. The lowest BCUT2D eigenvalue weighted by Crippen LogP contribution is -2.54. The summed E-state index contributed by atoms with van der Waals surface area (Å²) >= 11 is 0. The van der Waals surface area contributed by atoms with Gasteiger partial charge in [-0.1, -0.05) is 13.3 Å². The van der Waals surface area contributed by atoms with E-state index in [1.165, 1.54) is 25.7 Å². The van der Waals surface area contributed by atoms with Crippen LogP contribution >= 0.6 is 0 Å². The van der Waals surface area contributed by atoms with Crippen molar-refractivity contribution in [2.75, 3.05) is 20.1 Å². The molecule has 3 nitrogen and oxygen atoms in total. The van der Waals surface area contributed by atoms with Gasteiger partial charge in [0.05, 0.1) is 5.54 Å². The normalized spacial score (nSPS) is 40.8. The van der Waals surface area contributed by atoms with Gasteiger partial charge in [0.2, 0.25) is 5.91 Å². The number of amides is 1. The molecule has 3 rings (SSSR count). The molecule has 0 radical (unpaired) electrons. The number of nitrogens with one attached hydrogen (secondary N) is 1. The van der Waals surface area contributed by atoms with E-state index < -0.39 is 0 Å². The molecule has 2 bridgehead atoms. The number of hydrogen-bond acceptors (Lipinski definition) is 2. The van der Waals surface area contributed by atoms with E-state index in [4.69, 9.17) is 0 Å². The zero-order valence-electron chi connectivity index (χ0n) is 12.5. The second-order valence-corrected chi connectivity index (χ2v) is 7.09. The number of hydrogen-bond donors (Lipinski definition) is 1. The molecule has 3 heteroatoms. The highest BCUT2D eigenvalue weighted by Gasteiger charge is 2.44. The van der Waals surface area contributed by atoms with Crippen LogP contribution in [0.25, 0.3) is 0 Å². The van der Waals surface area contributed by atoms with Crippen LogP contribution in [-0.2, 0) is 4.79 Å². The Kier molecular flexibility index (Phi) is 3.59. The third-order valence-corrected chi connectivity index (χ3v) is 6.00. The first-order chi connectivity index (χ1) is 9.14. The van der Waals surface area contributed by atoms with Crippen molar-refractivity contribution < 1.29 is 4.79 Å². The van der Waals surface area contributed by atoms with Crippen LogP contribution in [0.5, 0.6) is 0 Å². The Hall–Kier alpha value is -0.570. The summed E-state index contributed by atoms with van der Waals surface area (Å²) in [4.78, 5) is 14.8. The predicted molar refractivity (Wildman–Crippen MR) is 76.8 cm³/mol. The Balaban J connectivity index is 1.60. The van der Waals surface area contributed by atoms with Gasteiger partial charge in [-0.25, -0.2) is 0 Å². The van der Waals surface area contributed by atoms with Crippen molar-refractivity contribution in [1.82, 2.24) is 10.2 Å². The lowest BCUT2D eigenvalue weighted by atomic mass is 9.87. The number of carbonyl (C=O) groups is 1. The molecule has 4 atom stereocenters. The quantitative estimate of drug-likeness (QED) is 0.845. The second kappa shape index (κ2) is 5.08. The maximum atomic E-state index is 12.8. The molecule has 3 fully saturated rings. The monoisotopic (exact) mass is 264 g/mol. The maximum absolute atomic E-state index is 12.8. The highest BCUT2D eigenvalue weighted by Crippen LogP contribution is 2.48. The van der Waals surface area contributed by atoms with E-state index in [0.717, 1.165) is 50.1 Å². The molecule has 4 unspecified atom stereocenters. The summed E-state index contributed by atoms with van der Waals surface area (Å²) in [5, 5.41) is 3.47. The standard InChI is InChI=1S/C16H28N2O/c1-3-16(7-4-8-17-16)15(19)18(2)11-14-10-12-5-6-13(14)9-12/h12-14,17H,3-11H2,1-2H3. The van der Waals surface area contributed by atoms with Gasteiger partial charge in [-0.3, -0.25) is 4.79 Å². The molecule has 1 saturated heterocycles. The van der Waals surface area contributed by atoms with E-state index in [9.17, 15) is 4.79 Å². The summed E-state index contributed by atoms with van der Waals surface area (Å²) in [7, 11) is 2.02. The molecule has 1 aliphatic heterocycles. The van der Waals surface area contributed by atoms with Crippen molar-refractivity contribution in [2.24, 2.45) is 17.8 Å². The van der Waals surface area contributed by atoms with Crippen LogP contribution in [0.3, 0.4) is 0 Å². The second-order valence-electron chi connectivity index (χ2n) is 7.09. The number of rotatable bonds is 4. The Morgan fingerprint density at radius 1 is 1.37 bits per heavy atom. The summed E-state index contributed by atoms with van der Waals surface area (Å²) in [6.07, 6.45) is 8.74. The summed E-state index contributed by atoms with van der Waals surface area (Å²) in [5.41, 5.74) is -0.244. The molecule has 2 aliphatic carbocycles. The van der Waals surface area contributed by atoms with Gasteiger partial charge in [0.1, 0.15) is 0 Å². The van der Waals surface area contributed by atoms with Crippen LogP contribution in [-0.4, -0.2) is 36.5 Å². The van der Waals surface area contributed by atoms with E-state index in [2.05, 4.69) is 12.2 Å². The van der Waals surface area contributed by atoms with Crippen LogP contribution < -0.4 is 5.32 Å². The molecule has 2 saturated carbocycles. The van der Waals surface area contributed by atoms with E-state index >= 15 is 0 Å². The topological polar surface area (TPSA) is 32.3 Å². The molecule has 0 aromatic rings. The number of fused-ring (bicyclic) bond motifs is 2. The fourth-order valence-corrected chi connectivity index (χ4v) is 4.84. The average Bonchev–Trinajstić information content (AvgIpc) is 3.14. The van der Waals surface area contributed by atoms with E-state index in [0.29, 0.717) is 5.91 Å². The molecule has 1 N–H and O–H groups in total. The van der Waals surface area contributed by atoms with Gasteiger partial charge in [-0.15, -0.1) is 0 Å². The Morgan fingerprint density at radius 3 is 2.74 bits per heavy atom. The maximum Gasteiger partial charge on any atom is 0.242 e. The predicted octanol–water partition coefficient (Wildman–Crippen LogP) is 2.41. The first-order valence-electron chi connectivity index (χ1n) is 8.15. The molecule has 0 aromatic carbocycles. The van der Waals surface area contributed by atoms with Gasteiger partial charge in [-0.05, 0) is 62.8 Å². The van der Waals surface area contributed by atoms with Gasteiger partial charge in [0, 0.05) is 13.6 Å². The molecular weight excluding hydrogens is 236 g/mol.